The molecule has 35 heavy (non-hydrogen) atoms. The Morgan fingerprint density at radius 2 is 2.11 bits per heavy atom. The van der Waals surface area contributed by atoms with Crippen LogP contribution in [0, 0.1) is 0 Å². The molecule has 2 aliphatic heterocycles. The fourth-order valence-corrected chi connectivity index (χ4v) is 3.73. The molecular weight excluding hydrogens is 456 g/mol. The van der Waals surface area contributed by atoms with Crippen molar-refractivity contribution in [3.8, 4) is 11.5 Å². The number of benzene rings is 1. The highest BCUT2D eigenvalue weighted by Crippen LogP contribution is 2.43. The number of aliphatic imine (C=N–C) groups is 2. The number of anilines is 1. The van der Waals surface area contributed by atoms with Crippen molar-refractivity contribution in [2.45, 2.75) is 6.42 Å². The van der Waals surface area contributed by atoms with Crippen LogP contribution in [0.3, 0.4) is 0 Å². The zero-order valence-electron chi connectivity index (χ0n) is 19.2. The van der Waals surface area contributed by atoms with Crippen molar-refractivity contribution in [2.24, 2.45) is 9.98 Å². The van der Waals surface area contributed by atoms with Gasteiger partial charge in [-0.25, -0.2) is 15.0 Å². The third kappa shape index (κ3) is 5.14. The Labute approximate surface area is 201 Å². The number of amides is 2. The molecule has 0 aliphatic carbocycles. The maximum Gasteiger partial charge on any atom is 0.261 e. The number of methoxy groups -OCH3 is 1. The van der Waals surface area contributed by atoms with Gasteiger partial charge in [0.15, 0.2) is 11.5 Å². The third-order valence-electron chi connectivity index (χ3n) is 5.40. The van der Waals surface area contributed by atoms with Crippen LogP contribution in [0.5, 0.6) is 11.5 Å². The molecule has 2 aliphatic rings. The monoisotopic (exact) mass is 482 g/mol. The van der Waals surface area contributed by atoms with E-state index in [-0.39, 0.29) is 24.7 Å². The lowest BCUT2D eigenvalue weighted by Gasteiger charge is -2.28. The highest BCUT2D eigenvalue weighted by atomic mass is 16.5. The Morgan fingerprint density at radius 1 is 1.31 bits per heavy atom. The summed E-state index contributed by atoms with van der Waals surface area (Å²) in [5, 5.41) is 11.8. The van der Waals surface area contributed by atoms with Crippen LogP contribution >= 0.6 is 0 Å². The predicted octanol–water partition coefficient (Wildman–Crippen LogP) is -0.220. The number of ether oxygens (including phenoxy) is 2. The Morgan fingerprint density at radius 3 is 2.83 bits per heavy atom. The lowest BCUT2D eigenvalue weighted by molar-refractivity contribution is -0.118. The smallest absolute Gasteiger partial charge is 0.261 e. The molecule has 0 fully saturated rings. The molecule has 3 heterocycles. The Balaban J connectivity index is 1.56. The van der Waals surface area contributed by atoms with Crippen molar-refractivity contribution in [2.75, 3.05) is 52.2 Å². The first kappa shape index (κ1) is 23.9. The van der Waals surface area contributed by atoms with Gasteiger partial charge in [-0.05, 0) is 18.6 Å². The van der Waals surface area contributed by atoms with Crippen LogP contribution in [0.25, 0.3) is 0 Å². The Hall–Kier alpha value is -4.26. The van der Waals surface area contributed by atoms with Gasteiger partial charge in [-0.3, -0.25) is 24.8 Å². The van der Waals surface area contributed by atoms with E-state index in [1.165, 1.54) is 24.4 Å². The molecular formula is C22H26N8O5. The molecule has 0 radical (unpaired) electrons. The number of nitrogens with one attached hydrogen (secondary N) is 1. The van der Waals surface area contributed by atoms with Gasteiger partial charge in [0.1, 0.15) is 11.5 Å². The van der Waals surface area contributed by atoms with E-state index in [2.05, 4.69) is 25.3 Å². The largest absolute Gasteiger partial charge is 0.491 e. The van der Waals surface area contributed by atoms with Crippen molar-refractivity contribution < 1.29 is 24.2 Å². The van der Waals surface area contributed by atoms with Crippen LogP contribution in [0.15, 0.2) is 34.5 Å². The molecule has 0 spiro atoms. The van der Waals surface area contributed by atoms with Gasteiger partial charge >= 0.3 is 0 Å². The Bertz CT molecular complexity index is 1150. The van der Waals surface area contributed by atoms with Crippen molar-refractivity contribution in [1.29, 1.82) is 0 Å². The highest BCUT2D eigenvalue weighted by molar-refractivity contribution is 6.20. The normalized spacial score (nSPS) is 13.8. The van der Waals surface area contributed by atoms with Gasteiger partial charge in [0.2, 0.25) is 18.3 Å². The van der Waals surface area contributed by atoms with Gasteiger partial charge in [0.25, 0.3) is 5.91 Å². The second-order valence-corrected chi connectivity index (χ2v) is 7.64. The number of aliphatic hydroxyl groups is 1. The second-order valence-electron chi connectivity index (χ2n) is 7.64. The molecule has 0 saturated carbocycles. The lowest BCUT2D eigenvalue weighted by atomic mass is 10.1. The summed E-state index contributed by atoms with van der Waals surface area (Å²) in [5.74, 6) is 1.49. The van der Waals surface area contributed by atoms with Crippen molar-refractivity contribution in [1.82, 2.24) is 25.1 Å². The summed E-state index contributed by atoms with van der Waals surface area (Å²) in [6.45, 7) is 2.07. The number of nitrogens with two attached hydrogens (primary N) is 1. The number of amidine groups is 1. The van der Waals surface area contributed by atoms with Gasteiger partial charge < -0.3 is 25.2 Å². The van der Waals surface area contributed by atoms with Crippen LogP contribution in [0.1, 0.15) is 22.3 Å². The van der Waals surface area contributed by atoms with E-state index >= 15 is 0 Å². The van der Waals surface area contributed by atoms with Gasteiger partial charge in [-0.2, -0.15) is 0 Å². The molecule has 0 unspecified atom stereocenters. The minimum atomic E-state index is -0.438. The first-order chi connectivity index (χ1) is 17.0. The van der Waals surface area contributed by atoms with Gasteiger partial charge in [-0.15, -0.1) is 0 Å². The molecule has 4 rings (SSSR count). The summed E-state index contributed by atoms with van der Waals surface area (Å²) in [6, 6.07) is 3.64. The number of hydrogen-bond donors (Lipinski definition) is 3. The van der Waals surface area contributed by atoms with Crippen LogP contribution in [-0.4, -0.2) is 95.5 Å². The highest BCUT2D eigenvalue weighted by Gasteiger charge is 2.33. The second kappa shape index (κ2) is 10.8. The summed E-state index contributed by atoms with van der Waals surface area (Å²) in [7, 11) is 1.51. The predicted molar refractivity (Wildman–Crippen MR) is 127 cm³/mol. The van der Waals surface area contributed by atoms with E-state index in [1.54, 1.807) is 6.07 Å². The zero-order valence-corrected chi connectivity index (χ0v) is 19.2. The number of aromatic nitrogens is 2. The van der Waals surface area contributed by atoms with Crippen LogP contribution in [-0.2, 0) is 4.79 Å². The topological polar surface area (TPSA) is 168 Å². The van der Waals surface area contributed by atoms with Crippen molar-refractivity contribution in [3.05, 3.63) is 35.7 Å². The first-order valence-corrected chi connectivity index (χ1v) is 11.0. The number of carbonyl (C=O) groups is 2. The fourth-order valence-electron chi connectivity index (χ4n) is 3.73. The molecule has 4 N–H and O–H groups in total. The quantitative estimate of drug-likeness (QED) is 0.306. The van der Waals surface area contributed by atoms with Gasteiger partial charge in [0, 0.05) is 37.6 Å². The van der Waals surface area contributed by atoms with E-state index in [0.29, 0.717) is 68.1 Å². The van der Waals surface area contributed by atoms with Crippen LogP contribution in [0.4, 0.5) is 11.6 Å². The number of guanidine groups is 1. The molecule has 184 valence electrons. The number of nitrogen functional groups attached to an aromatic ring is 1. The maximum atomic E-state index is 12.8. The average Bonchev–Trinajstić information content (AvgIpc) is 3.36. The van der Waals surface area contributed by atoms with Crippen molar-refractivity contribution >= 4 is 35.7 Å². The summed E-state index contributed by atoms with van der Waals surface area (Å²) in [4.78, 5) is 44.0. The summed E-state index contributed by atoms with van der Waals surface area (Å²) in [5.41, 5.74) is 6.99. The number of carbonyl (C=O) groups excluding carboxylic acids is 2. The molecule has 1 aromatic heterocycles. The van der Waals surface area contributed by atoms with E-state index in [0.717, 1.165) is 5.56 Å². The molecule has 2 aromatic rings. The standard InChI is InChI=1S/C22H26N8O5/c1-34-18-16(35-10-2-6-29(13-32)8-9-31)4-3-15-17(18)27-22(30-7-5-24-19(15)30)28-20(33)14-11-25-21(23)26-12-14/h3-4,11-13,31H,2,5-10H2,1H3,(H2,23,25,26)(H,27,28,33). The van der Waals surface area contributed by atoms with E-state index < -0.39 is 5.91 Å². The molecule has 13 heteroatoms. The van der Waals surface area contributed by atoms with E-state index in [9.17, 15) is 9.59 Å². The van der Waals surface area contributed by atoms with Crippen molar-refractivity contribution in [3.63, 3.8) is 0 Å². The first-order valence-electron chi connectivity index (χ1n) is 11.0. The minimum Gasteiger partial charge on any atom is -0.491 e. The third-order valence-corrected chi connectivity index (χ3v) is 5.40. The molecule has 2 amide bonds. The number of aliphatic hydroxyl groups excluding tert-OH is 1. The molecule has 0 atom stereocenters. The van der Waals surface area contributed by atoms with Crippen LogP contribution in [0.2, 0.25) is 0 Å². The van der Waals surface area contributed by atoms with E-state index in [4.69, 9.17) is 20.3 Å². The number of hydrogen-bond acceptors (Lipinski definition) is 11. The molecule has 1 aromatic carbocycles. The Kier molecular flexibility index (Phi) is 7.35. The maximum absolute atomic E-state index is 12.8. The minimum absolute atomic E-state index is 0.0731. The average molecular weight is 483 g/mol. The van der Waals surface area contributed by atoms with Crippen LogP contribution < -0.4 is 20.5 Å². The molecule has 0 saturated heterocycles. The summed E-state index contributed by atoms with van der Waals surface area (Å²) >= 11 is 0. The summed E-state index contributed by atoms with van der Waals surface area (Å²) in [6.07, 6.45) is 3.94. The molecule has 13 nitrogen and oxygen atoms in total. The molecule has 0 bridgehead atoms. The number of nitrogens with zero attached hydrogens (tertiary/aromatic N) is 6. The SMILES string of the molecule is COc1c(OCCCN(C=O)CCO)ccc2c1N=C(NC(=O)c1cnc(N)nc1)N1CCN=C21. The number of fused-ring (bicyclic) bond motifs is 3. The zero-order chi connectivity index (χ0) is 24.8. The lowest BCUT2D eigenvalue weighted by Crippen LogP contribution is -2.47. The van der Waals surface area contributed by atoms with Gasteiger partial charge in [0.05, 0.1) is 32.4 Å². The number of rotatable bonds is 10. The summed E-state index contributed by atoms with van der Waals surface area (Å²) < 4.78 is 11.5. The fraction of sp³-hybridized carbons (Fsp3) is 0.364. The van der Waals surface area contributed by atoms with Gasteiger partial charge in [-0.1, -0.05) is 0 Å². The van der Waals surface area contributed by atoms with E-state index in [1.807, 2.05) is 11.0 Å².